The largest absolute Gasteiger partial charge is 0.462 e. The van der Waals surface area contributed by atoms with Crippen molar-refractivity contribution in [3.05, 3.63) is 16.5 Å². The molecular formula is C13H15NO3S. The van der Waals surface area contributed by atoms with Crippen molar-refractivity contribution in [1.82, 2.24) is 0 Å². The summed E-state index contributed by atoms with van der Waals surface area (Å²) in [6.07, 6.45) is 2.07. The number of anilines is 1. The van der Waals surface area contributed by atoms with Crippen LogP contribution in [0.5, 0.6) is 0 Å². The van der Waals surface area contributed by atoms with E-state index < -0.39 is 0 Å². The van der Waals surface area contributed by atoms with E-state index in [1.807, 2.05) is 6.92 Å². The van der Waals surface area contributed by atoms with Crippen molar-refractivity contribution in [1.29, 1.82) is 0 Å². The van der Waals surface area contributed by atoms with Gasteiger partial charge in [0.25, 0.3) is 0 Å². The lowest BCUT2D eigenvalue weighted by atomic mass is 10.2. The summed E-state index contributed by atoms with van der Waals surface area (Å²) in [6, 6.07) is 0. The summed E-state index contributed by atoms with van der Waals surface area (Å²) in [5, 5.41) is 5.46. The molecule has 0 bridgehead atoms. The molecule has 5 heteroatoms. The first-order chi connectivity index (χ1) is 8.58. The average Bonchev–Trinajstić information content (AvgIpc) is 3.13. The van der Waals surface area contributed by atoms with Crippen molar-refractivity contribution in [2.45, 2.75) is 26.7 Å². The highest BCUT2D eigenvalue weighted by Gasteiger charge is 2.74. The predicted octanol–water partition coefficient (Wildman–Crippen LogP) is 2.58. The van der Waals surface area contributed by atoms with Crippen LogP contribution in [0.3, 0.4) is 0 Å². The second-order valence-electron chi connectivity index (χ2n) is 5.04. The Morgan fingerprint density at radius 1 is 1.56 bits per heavy atom. The van der Waals surface area contributed by atoms with Gasteiger partial charge in [-0.05, 0) is 38.2 Å². The Bertz CT molecular complexity index is 528. The predicted molar refractivity (Wildman–Crippen MR) is 68.8 cm³/mol. The molecule has 2 aliphatic carbocycles. The van der Waals surface area contributed by atoms with Crippen LogP contribution in [0.1, 0.15) is 35.7 Å². The zero-order valence-corrected chi connectivity index (χ0v) is 11.2. The van der Waals surface area contributed by atoms with Crippen LogP contribution in [-0.4, -0.2) is 18.5 Å². The number of carbonyl (C=O) groups is 2. The second-order valence-corrected chi connectivity index (χ2v) is 5.92. The Labute approximate surface area is 109 Å². The van der Waals surface area contributed by atoms with Crippen molar-refractivity contribution in [3.8, 4) is 0 Å². The first-order valence-electron chi connectivity index (χ1n) is 6.15. The number of hydrogen-bond acceptors (Lipinski definition) is 4. The molecule has 1 N–H and O–H groups in total. The Balaban J connectivity index is 1.73. The molecule has 0 aromatic carbocycles. The van der Waals surface area contributed by atoms with Gasteiger partial charge in [0.2, 0.25) is 5.91 Å². The number of rotatable bonds is 4. The molecule has 0 saturated heterocycles. The molecule has 3 rings (SSSR count). The van der Waals surface area contributed by atoms with Gasteiger partial charge in [-0.1, -0.05) is 0 Å². The summed E-state index contributed by atoms with van der Waals surface area (Å²) in [7, 11) is 0. The van der Waals surface area contributed by atoms with Crippen molar-refractivity contribution >= 4 is 28.2 Å². The maximum absolute atomic E-state index is 12.0. The molecule has 0 atom stereocenters. The molecule has 0 radical (unpaired) electrons. The zero-order chi connectivity index (χ0) is 12.9. The van der Waals surface area contributed by atoms with Gasteiger partial charge in [0, 0.05) is 5.38 Å². The quantitative estimate of drug-likeness (QED) is 0.851. The molecule has 2 aliphatic rings. The standard InChI is InChI=1S/C13H15NO3S/c1-3-17-11(15)9-6-18-10(7(9)2)14-12(16)13-4-8(13)5-13/h6,8H,3-5H2,1-2H3,(H,14,16). The van der Waals surface area contributed by atoms with Crippen LogP contribution in [0.15, 0.2) is 5.38 Å². The zero-order valence-electron chi connectivity index (χ0n) is 10.4. The number of hydrogen-bond donors (Lipinski definition) is 1. The minimum Gasteiger partial charge on any atom is -0.462 e. The summed E-state index contributed by atoms with van der Waals surface area (Å²) < 4.78 is 4.97. The highest BCUT2D eigenvalue weighted by molar-refractivity contribution is 7.14. The van der Waals surface area contributed by atoms with E-state index in [4.69, 9.17) is 4.74 Å². The van der Waals surface area contributed by atoms with Crippen LogP contribution < -0.4 is 5.32 Å². The van der Waals surface area contributed by atoms with E-state index in [9.17, 15) is 9.59 Å². The lowest BCUT2D eigenvalue weighted by Gasteiger charge is -2.06. The van der Waals surface area contributed by atoms with Crippen LogP contribution >= 0.6 is 11.3 Å². The molecule has 1 amide bonds. The van der Waals surface area contributed by atoms with Crippen LogP contribution in [0.4, 0.5) is 5.00 Å². The molecule has 2 fully saturated rings. The fourth-order valence-electron chi connectivity index (χ4n) is 2.25. The third-order valence-corrected chi connectivity index (χ3v) is 4.89. The summed E-state index contributed by atoms with van der Waals surface area (Å²) in [5.74, 6) is 0.427. The molecule has 18 heavy (non-hydrogen) atoms. The van der Waals surface area contributed by atoms with E-state index in [1.54, 1.807) is 12.3 Å². The van der Waals surface area contributed by atoms with E-state index in [-0.39, 0.29) is 17.3 Å². The van der Waals surface area contributed by atoms with E-state index in [2.05, 4.69) is 5.32 Å². The first kappa shape index (κ1) is 11.7. The van der Waals surface area contributed by atoms with E-state index >= 15 is 0 Å². The van der Waals surface area contributed by atoms with Crippen molar-refractivity contribution in [2.24, 2.45) is 11.3 Å². The summed E-state index contributed by atoms with van der Waals surface area (Å²) in [5.41, 5.74) is 1.32. The number of ether oxygens (including phenoxy) is 1. The van der Waals surface area contributed by atoms with E-state index in [0.717, 1.165) is 23.4 Å². The van der Waals surface area contributed by atoms with E-state index in [1.165, 1.54) is 11.3 Å². The highest BCUT2D eigenvalue weighted by Crippen LogP contribution is 2.75. The summed E-state index contributed by atoms with van der Waals surface area (Å²) >= 11 is 1.39. The molecule has 1 aromatic heterocycles. The molecule has 0 spiro atoms. The number of fused-ring (bicyclic) bond motifs is 1. The van der Waals surface area contributed by atoms with Gasteiger partial charge in [-0.3, -0.25) is 4.79 Å². The number of amides is 1. The fourth-order valence-corrected chi connectivity index (χ4v) is 3.20. The van der Waals surface area contributed by atoms with Crippen molar-refractivity contribution in [2.75, 3.05) is 11.9 Å². The minimum atomic E-state index is -0.319. The van der Waals surface area contributed by atoms with E-state index in [0.29, 0.717) is 18.1 Å². The average molecular weight is 265 g/mol. The monoisotopic (exact) mass is 265 g/mol. The lowest BCUT2D eigenvalue weighted by molar-refractivity contribution is -0.119. The molecule has 0 aliphatic heterocycles. The van der Waals surface area contributed by atoms with Gasteiger partial charge in [0.05, 0.1) is 22.6 Å². The number of thiophene rings is 1. The van der Waals surface area contributed by atoms with Gasteiger partial charge in [-0.15, -0.1) is 11.3 Å². The van der Waals surface area contributed by atoms with Gasteiger partial charge in [-0.2, -0.15) is 0 Å². The molecule has 96 valence electrons. The molecule has 0 unspecified atom stereocenters. The van der Waals surface area contributed by atoms with Gasteiger partial charge >= 0.3 is 5.97 Å². The van der Waals surface area contributed by atoms with Crippen LogP contribution in [0.25, 0.3) is 0 Å². The molecule has 1 heterocycles. The second kappa shape index (κ2) is 3.82. The molecule has 1 aromatic rings. The van der Waals surface area contributed by atoms with Crippen molar-refractivity contribution < 1.29 is 14.3 Å². The molecular weight excluding hydrogens is 250 g/mol. The highest BCUT2D eigenvalue weighted by atomic mass is 32.1. The Kier molecular flexibility index (Phi) is 2.48. The molecule has 4 nitrogen and oxygen atoms in total. The Morgan fingerprint density at radius 2 is 2.22 bits per heavy atom. The number of nitrogens with one attached hydrogen (secondary N) is 1. The number of esters is 1. The third-order valence-electron chi connectivity index (χ3n) is 3.90. The summed E-state index contributed by atoms with van der Waals surface area (Å²) in [6.45, 7) is 3.98. The normalized spacial score (nSPS) is 27.3. The lowest BCUT2D eigenvalue weighted by Crippen LogP contribution is -2.18. The van der Waals surface area contributed by atoms with Gasteiger partial charge in [-0.25, -0.2) is 4.79 Å². The maximum atomic E-state index is 12.0. The third kappa shape index (κ3) is 1.65. The first-order valence-corrected chi connectivity index (χ1v) is 7.03. The maximum Gasteiger partial charge on any atom is 0.339 e. The number of carbonyl (C=O) groups excluding carboxylic acids is 2. The smallest absolute Gasteiger partial charge is 0.339 e. The summed E-state index contributed by atoms with van der Waals surface area (Å²) in [4.78, 5) is 23.6. The van der Waals surface area contributed by atoms with Crippen molar-refractivity contribution in [3.63, 3.8) is 0 Å². The van der Waals surface area contributed by atoms with Gasteiger partial charge in [0.15, 0.2) is 0 Å². The fraction of sp³-hybridized carbons (Fsp3) is 0.538. The van der Waals surface area contributed by atoms with Gasteiger partial charge < -0.3 is 10.1 Å². The topological polar surface area (TPSA) is 55.4 Å². The Morgan fingerprint density at radius 3 is 2.78 bits per heavy atom. The minimum absolute atomic E-state index is 0.0412. The van der Waals surface area contributed by atoms with Crippen LogP contribution in [0, 0.1) is 18.3 Å². The van der Waals surface area contributed by atoms with Crippen LogP contribution in [-0.2, 0) is 9.53 Å². The van der Waals surface area contributed by atoms with Crippen LogP contribution in [0.2, 0.25) is 0 Å². The Hall–Kier alpha value is -1.36. The molecule has 2 saturated carbocycles. The van der Waals surface area contributed by atoms with Gasteiger partial charge in [0.1, 0.15) is 0 Å². The SMILES string of the molecule is CCOC(=O)c1csc(NC(=O)C23CC2C3)c1C.